The summed E-state index contributed by atoms with van der Waals surface area (Å²) in [6.07, 6.45) is -0.139. The van der Waals surface area contributed by atoms with Crippen molar-refractivity contribution in [2.75, 3.05) is 5.32 Å². The Hall–Kier alpha value is -4.01. The van der Waals surface area contributed by atoms with Crippen LogP contribution in [0.3, 0.4) is 0 Å². The van der Waals surface area contributed by atoms with Crippen LogP contribution in [0, 0.1) is 0 Å². The minimum absolute atomic E-state index is 0.0432. The van der Waals surface area contributed by atoms with Gasteiger partial charge < -0.3 is 10.1 Å². The van der Waals surface area contributed by atoms with Gasteiger partial charge in [0.15, 0.2) is 0 Å². The van der Waals surface area contributed by atoms with Crippen LogP contribution in [0.1, 0.15) is 5.56 Å². The Labute approximate surface area is 174 Å². The number of rotatable bonds is 5. The molecule has 2 aromatic heterocycles. The van der Waals surface area contributed by atoms with Crippen molar-refractivity contribution in [2.24, 2.45) is 0 Å². The molecule has 1 amide bonds. The molecule has 1 N–H and O–H groups in total. The number of benzene rings is 2. The molecule has 0 aliphatic heterocycles. The van der Waals surface area contributed by atoms with Gasteiger partial charge in [-0.3, -0.25) is 14.8 Å². The molecule has 4 aromatic rings. The number of halogens is 3. The second kappa shape index (κ2) is 8.39. The Balaban J connectivity index is 1.63. The lowest BCUT2D eigenvalue weighted by molar-refractivity contribution is -0.274. The number of hydrogen-bond acceptors (Lipinski definition) is 5. The fourth-order valence-electron chi connectivity index (χ4n) is 3.04. The maximum Gasteiger partial charge on any atom is 0.573 e. The van der Waals surface area contributed by atoms with E-state index in [1.165, 1.54) is 30.6 Å². The fourth-order valence-corrected chi connectivity index (χ4v) is 3.04. The van der Waals surface area contributed by atoms with Crippen LogP contribution in [0.5, 0.6) is 5.75 Å². The van der Waals surface area contributed by atoms with E-state index in [0.29, 0.717) is 33.5 Å². The molecular weight excluding hydrogens is 409 g/mol. The van der Waals surface area contributed by atoms with E-state index < -0.39 is 6.36 Å². The molecule has 0 saturated carbocycles. The van der Waals surface area contributed by atoms with E-state index in [1.54, 1.807) is 42.6 Å². The Kier molecular flexibility index (Phi) is 5.48. The first-order valence-corrected chi connectivity index (χ1v) is 9.18. The van der Waals surface area contributed by atoms with E-state index in [-0.39, 0.29) is 18.1 Å². The van der Waals surface area contributed by atoms with Gasteiger partial charge in [0.05, 0.1) is 41.2 Å². The second-order valence-corrected chi connectivity index (χ2v) is 6.58. The van der Waals surface area contributed by atoms with Crippen molar-refractivity contribution in [3.8, 4) is 17.0 Å². The van der Waals surface area contributed by atoms with Crippen LogP contribution in [0.2, 0.25) is 0 Å². The van der Waals surface area contributed by atoms with E-state index >= 15 is 0 Å². The fraction of sp³-hybridized carbons (Fsp3) is 0.0909. The molecule has 2 aromatic carbocycles. The van der Waals surface area contributed by atoms with Crippen molar-refractivity contribution in [1.29, 1.82) is 0 Å². The van der Waals surface area contributed by atoms with E-state index in [2.05, 4.69) is 25.0 Å². The van der Waals surface area contributed by atoms with Crippen LogP contribution >= 0.6 is 0 Å². The first kappa shape index (κ1) is 20.3. The lowest BCUT2D eigenvalue weighted by Gasteiger charge is -2.11. The van der Waals surface area contributed by atoms with Crippen LogP contribution in [-0.4, -0.2) is 27.2 Å². The summed E-state index contributed by atoms with van der Waals surface area (Å²) in [6.45, 7) is 0. The van der Waals surface area contributed by atoms with Gasteiger partial charge in [-0.05, 0) is 35.9 Å². The van der Waals surface area contributed by atoms with Crippen molar-refractivity contribution in [1.82, 2.24) is 15.0 Å². The zero-order valence-corrected chi connectivity index (χ0v) is 15.9. The van der Waals surface area contributed by atoms with E-state index in [1.807, 2.05) is 0 Å². The third-order valence-corrected chi connectivity index (χ3v) is 4.32. The molecule has 4 rings (SSSR count). The molecular formula is C22H15F3N4O2. The molecule has 0 aliphatic carbocycles. The molecule has 0 atom stereocenters. The van der Waals surface area contributed by atoms with E-state index in [9.17, 15) is 18.0 Å². The quantitative estimate of drug-likeness (QED) is 0.499. The van der Waals surface area contributed by atoms with Crippen molar-refractivity contribution in [2.45, 2.75) is 12.8 Å². The van der Waals surface area contributed by atoms with Gasteiger partial charge in [0, 0.05) is 11.8 Å². The predicted octanol–water partition coefficient (Wildman–Crippen LogP) is 4.77. The molecule has 0 bridgehead atoms. The number of alkyl halides is 3. The van der Waals surface area contributed by atoms with Gasteiger partial charge >= 0.3 is 6.36 Å². The summed E-state index contributed by atoms with van der Waals surface area (Å²) < 4.78 is 41.5. The third-order valence-electron chi connectivity index (χ3n) is 4.32. The van der Waals surface area contributed by atoms with Gasteiger partial charge in [-0.1, -0.05) is 24.3 Å². The highest BCUT2D eigenvalue weighted by molar-refractivity contribution is 5.94. The highest BCUT2D eigenvalue weighted by Crippen LogP contribution is 2.28. The molecule has 0 radical (unpaired) electrons. The minimum Gasteiger partial charge on any atom is -0.406 e. The molecule has 156 valence electrons. The Morgan fingerprint density at radius 2 is 1.87 bits per heavy atom. The predicted molar refractivity (Wildman–Crippen MR) is 108 cm³/mol. The number of pyridine rings is 1. The summed E-state index contributed by atoms with van der Waals surface area (Å²) in [4.78, 5) is 25.3. The molecule has 0 saturated heterocycles. The maximum atomic E-state index is 12.5. The normalized spacial score (nSPS) is 11.3. The van der Waals surface area contributed by atoms with Gasteiger partial charge in [0.1, 0.15) is 5.75 Å². The van der Waals surface area contributed by atoms with E-state index in [4.69, 9.17) is 0 Å². The lowest BCUT2D eigenvalue weighted by Crippen LogP contribution is -2.17. The SMILES string of the molecule is O=C(Cc1cccc2ncc(-c3cccc(OC(F)(F)F)c3)nc12)Nc1cccnc1. The van der Waals surface area contributed by atoms with Crippen LogP contribution < -0.4 is 10.1 Å². The smallest absolute Gasteiger partial charge is 0.406 e. The average Bonchev–Trinajstić information content (AvgIpc) is 2.73. The Bertz CT molecular complexity index is 1230. The van der Waals surface area contributed by atoms with Crippen molar-refractivity contribution in [3.63, 3.8) is 0 Å². The highest BCUT2D eigenvalue weighted by Gasteiger charge is 2.31. The number of para-hydroxylation sites is 1. The number of amides is 1. The van der Waals surface area contributed by atoms with Crippen molar-refractivity contribution >= 4 is 22.6 Å². The Morgan fingerprint density at radius 3 is 2.65 bits per heavy atom. The number of carbonyl (C=O) groups excluding carboxylic acids is 1. The largest absolute Gasteiger partial charge is 0.573 e. The summed E-state index contributed by atoms with van der Waals surface area (Å²) in [6, 6.07) is 14.2. The van der Waals surface area contributed by atoms with Crippen LogP contribution in [0.15, 0.2) is 73.2 Å². The molecule has 0 aliphatic rings. The molecule has 0 unspecified atom stereocenters. The third kappa shape index (κ3) is 5.13. The molecule has 2 heterocycles. The number of hydrogen-bond donors (Lipinski definition) is 1. The summed E-state index contributed by atoms with van der Waals surface area (Å²) in [5.74, 6) is -0.607. The standard InChI is InChI=1S/C22H15F3N4O2/c23-22(24,25)31-17-7-1-4-14(10-17)19-13-27-18-8-2-5-15(21(18)29-19)11-20(30)28-16-6-3-9-26-12-16/h1-10,12-13H,11H2,(H,28,30). The average molecular weight is 424 g/mol. The summed E-state index contributed by atoms with van der Waals surface area (Å²) >= 11 is 0. The van der Waals surface area contributed by atoms with Gasteiger partial charge in [-0.25, -0.2) is 4.98 Å². The topological polar surface area (TPSA) is 77.0 Å². The first-order valence-electron chi connectivity index (χ1n) is 9.18. The zero-order valence-electron chi connectivity index (χ0n) is 15.9. The number of anilines is 1. The van der Waals surface area contributed by atoms with Crippen LogP contribution in [0.25, 0.3) is 22.3 Å². The van der Waals surface area contributed by atoms with Crippen LogP contribution in [0.4, 0.5) is 18.9 Å². The van der Waals surface area contributed by atoms with E-state index in [0.717, 1.165) is 0 Å². The molecule has 31 heavy (non-hydrogen) atoms. The first-order chi connectivity index (χ1) is 14.9. The number of carbonyl (C=O) groups is 1. The maximum absolute atomic E-state index is 12.5. The molecule has 6 nitrogen and oxygen atoms in total. The monoisotopic (exact) mass is 424 g/mol. The van der Waals surface area contributed by atoms with Gasteiger partial charge in [-0.15, -0.1) is 13.2 Å². The number of fused-ring (bicyclic) bond motifs is 1. The summed E-state index contributed by atoms with van der Waals surface area (Å²) in [5.41, 5.74) is 3.03. The Morgan fingerprint density at radius 1 is 1.03 bits per heavy atom. The second-order valence-electron chi connectivity index (χ2n) is 6.58. The number of ether oxygens (including phenoxy) is 1. The highest BCUT2D eigenvalue weighted by atomic mass is 19.4. The lowest BCUT2D eigenvalue weighted by atomic mass is 10.1. The van der Waals surface area contributed by atoms with Crippen LogP contribution in [-0.2, 0) is 11.2 Å². The number of aromatic nitrogens is 3. The van der Waals surface area contributed by atoms with Gasteiger partial charge in [0.25, 0.3) is 0 Å². The number of nitrogens with zero attached hydrogens (tertiary/aromatic N) is 3. The molecule has 0 fully saturated rings. The zero-order chi connectivity index (χ0) is 21.8. The number of nitrogens with one attached hydrogen (secondary N) is 1. The van der Waals surface area contributed by atoms with Crippen molar-refractivity contribution < 1.29 is 22.7 Å². The van der Waals surface area contributed by atoms with Crippen molar-refractivity contribution in [3.05, 3.63) is 78.8 Å². The summed E-state index contributed by atoms with van der Waals surface area (Å²) in [7, 11) is 0. The van der Waals surface area contributed by atoms with Gasteiger partial charge in [0.2, 0.25) is 5.91 Å². The summed E-state index contributed by atoms with van der Waals surface area (Å²) in [5, 5.41) is 2.76. The van der Waals surface area contributed by atoms with Gasteiger partial charge in [-0.2, -0.15) is 0 Å². The minimum atomic E-state index is -4.79. The molecule has 9 heteroatoms. The molecule has 0 spiro atoms.